The summed E-state index contributed by atoms with van der Waals surface area (Å²) < 4.78 is 4.13. The van der Waals surface area contributed by atoms with Crippen LogP contribution in [-0.2, 0) is 0 Å². The molecule has 120 valence electrons. The number of unbranched alkanes of at least 4 members (excludes halogenated alkanes) is 4. The van der Waals surface area contributed by atoms with E-state index in [2.05, 4.69) is 39.8 Å². The molecule has 0 bridgehead atoms. The van der Waals surface area contributed by atoms with Gasteiger partial charge in [-0.2, -0.15) is 0 Å². The average Bonchev–Trinajstić information content (AvgIpc) is 2.47. The molecule has 1 nitrogen and oxygen atoms in total. The Morgan fingerprint density at radius 1 is 0.800 bits per heavy atom. The Morgan fingerprint density at radius 2 is 1.25 bits per heavy atom. The van der Waals surface area contributed by atoms with Gasteiger partial charge in [0.25, 0.3) is 0 Å². The zero-order valence-electron chi connectivity index (χ0n) is 14.5. The molecule has 0 fully saturated rings. The van der Waals surface area contributed by atoms with Gasteiger partial charge >= 0.3 is 132 Å². The van der Waals surface area contributed by atoms with Crippen LogP contribution in [0.2, 0.25) is 13.3 Å². The van der Waals surface area contributed by atoms with Gasteiger partial charge in [0.15, 0.2) is 0 Å². The fourth-order valence-electron chi connectivity index (χ4n) is 3.00. The van der Waals surface area contributed by atoms with Crippen LogP contribution in [0.4, 0.5) is 0 Å². The summed E-state index contributed by atoms with van der Waals surface area (Å²) in [6.07, 6.45) is 14.6. The first-order valence-corrected chi connectivity index (χ1v) is 16.7. The van der Waals surface area contributed by atoms with E-state index < -0.39 is 18.4 Å². The van der Waals surface area contributed by atoms with Crippen molar-refractivity contribution in [2.75, 3.05) is 0 Å². The van der Waals surface area contributed by atoms with Crippen LogP contribution in [0.3, 0.4) is 0 Å². The first-order valence-electron chi connectivity index (χ1n) is 9.01. The summed E-state index contributed by atoms with van der Waals surface area (Å²) >= 11 is -2.40. The zero-order valence-corrected chi connectivity index (χ0v) is 17.3. The fraction of sp³-hybridized carbons (Fsp3) is 0.889. The van der Waals surface area contributed by atoms with Crippen molar-refractivity contribution in [1.29, 1.82) is 0 Å². The SMILES string of the molecule is CCC/C=C/[CH](O)[Sn]([CH2]CCC)([CH2]CCC)[CH2]CCC. The second-order valence-electron chi connectivity index (χ2n) is 6.33. The van der Waals surface area contributed by atoms with Crippen molar-refractivity contribution in [1.82, 2.24) is 0 Å². The molecular weight excluding hydrogens is 351 g/mol. The topological polar surface area (TPSA) is 20.2 Å². The summed E-state index contributed by atoms with van der Waals surface area (Å²) in [6, 6.07) is 0. The van der Waals surface area contributed by atoms with Crippen LogP contribution in [0.1, 0.15) is 79.1 Å². The molecule has 0 aromatic rings. The number of rotatable bonds is 13. The third-order valence-electron chi connectivity index (χ3n) is 4.49. The molecule has 1 unspecified atom stereocenters. The van der Waals surface area contributed by atoms with Crippen molar-refractivity contribution < 1.29 is 5.11 Å². The average molecular weight is 389 g/mol. The molecule has 0 saturated heterocycles. The molecule has 0 rings (SSSR count). The monoisotopic (exact) mass is 390 g/mol. The van der Waals surface area contributed by atoms with Crippen molar-refractivity contribution in [3.8, 4) is 0 Å². The molecule has 0 aromatic carbocycles. The fourth-order valence-corrected chi connectivity index (χ4v) is 18.3. The molecule has 1 N–H and O–H groups in total. The van der Waals surface area contributed by atoms with Gasteiger partial charge in [0.2, 0.25) is 0 Å². The predicted molar refractivity (Wildman–Crippen MR) is 95.0 cm³/mol. The molecule has 0 amide bonds. The number of aliphatic hydroxyl groups is 1. The van der Waals surface area contributed by atoms with Crippen LogP contribution in [0.15, 0.2) is 12.2 Å². The van der Waals surface area contributed by atoms with Crippen LogP contribution in [0.25, 0.3) is 0 Å². The van der Waals surface area contributed by atoms with Gasteiger partial charge in [0.1, 0.15) is 0 Å². The summed E-state index contributed by atoms with van der Waals surface area (Å²) in [5, 5.41) is 10.9. The molecular formula is C18H38OSn. The number of allylic oxidation sites excluding steroid dienone is 1. The summed E-state index contributed by atoms with van der Waals surface area (Å²) in [7, 11) is 0. The van der Waals surface area contributed by atoms with Crippen molar-refractivity contribution >= 4 is 18.4 Å². The van der Waals surface area contributed by atoms with E-state index in [-0.39, 0.29) is 4.12 Å². The van der Waals surface area contributed by atoms with Crippen LogP contribution >= 0.6 is 0 Å². The van der Waals surface area contributed by atoms with Gasteiger partial charge in [-0.3, -0.25) is 0 Å². The second-order valence-corrected chi connectivity index (χ2v) is 20.1. The number of aliphatic hydroxyl groups excluding tert-OH is 1. The first kappa shape index (κ1) is 20.5. The summed E-state index contributed by atoms with van der Waals surface area (Å²) in [4.78, 5) is 0. The van der Waals surface area contributed by atoms with Crippen molar-refractivity contribution in [2.24, 2.45) is 0 Å². The Hall–Kier alpha value is 0.499. The van der Waals surface area contributed by atoms with Crippen LogP contribution in [0.5, 0.6) is 0 Å². The first-order chi connectivity index (χ1) is 9.66. The van der Waals surface area contributed by atoms with E-state index in [1.807, 2.05) is 0 Å². The molecule has 0 spiro atoms. The zero-order chi connectivity index (χ0) is 15.3. The molecule has 2 heteroatoms. The Morgan fingerprint density at radius 3 is 1.60 bits per heavy atom. The van der Waals surface area contributed by atoms with E-state index in [1.165, 1.54) is 58.3 Å². The molecule has 0 aromatic heterocycles. The second kappa shape index (κ2) is 13.2. The third-order valence-corrected chi connectivity index (χ3v) is 20.2. The van der Waals surface area contributed by atoms with E-state index in [1.54, 1.807) is 0 Å². The van der Waals surface area contributed by atoms with Crippen LogP contribution in [-0.4, -0.2) is 27.6 Å². The maximum atomic E-state index is 10.9. The molecule has 0 aliphatic carbocycles. The Bertz CT molecular complexity index is 216. The third kappa shape index (κ3) is 8.07. The molecule has 0 heterocycles. The number of hydrogen-bond donors (Lipinski definition) is 1. The van der Waals surface area contributed by atoms with Gasteiger partial charge in [0.05, 0.1) is 0 Å². The minimum atomic E-state index is -2.40. The van der Waals surface area contributed by atoms with E-state index in [4.69, 9.17) is 0 Å². The minimum absolute atomic E-state index is 0.0412. The summed E-state index contributed by atoms with van der Waals surface area (Å²) in [5.41, 5.74) is 0. The van der Waals surface area contributed by atoms with Crippen LogP contribution in [0, 0.1) is 0 Å². The summed E-state index contributed by atoms with van der Waals surface area (Å²) in [5.74, 6) is 0. The van der Waals surface area contributed by atoms with E-state index in [0.29, 0.717) is 0 Å². The Balaban J connectivity index is 4.89. The standard InChI is InChI=1S/C6H11O.3C4H9.Sn/c1-2-3-4-5-6-7;3*1-3-4-2;/h4-7H,2-3H2,1H3;3*1,3-4H2,2H3;/b5-4+;;;;. The number of hydrogen-bond acceptors (Lipinski definition) is 1. The van der Waals surface area contributed by atoms with Crippen LogP contribution < -0.4 is 0 Å². The van der Waals surface area contributed by atoms with Crippen molar-refractivity contribution in [3.63, 3.8) is 0 Å². The van der Waals surface area contributed by atoms with Crippen molar-refractivity contribution in [3.05, 3.63) is 12.2 Å². The van der Waals surface area contributed by atoms with Gasteiger partial charge in [-0.15, -0.1) is 0 Å². The molecule has 0 aliphatic heterocycles. The van der Waals surface area contributed by atoms with E-state index >= 15 is 0 Å². The molecule has 1 atom stereocenters. The molecule has 0 saturated carbocycles. The molecule has 0 radical (unpaired) electrons. The Labute approximate surface area is 132 Å². The van der Waals surface area contributed by atoms with E-state index in [9.17, 15) is 5.11 Å². The quantitative estimate of drug-likeness (QED) is 0.299. The molecule has 20 heavy (non-hydrogen) atoms. The normalized spacial score (nSPS) is 14.1. The molecule has 0 aliphatic rings. The Kier molecular flexibility index (Phi) is 13.5. The van der Waals surface area contributed by atoms with Gasteiger partial charge in [-0.05, 0) is 0 Å². The van der Waals surface area contributed by atoms with Gasteiger partial charge < -0.3 is 0 Å². The maximum absolute atomic E-state index is 10.9. The van der Waals surface area contributed by atoms with Gasteiger partial charge in [-0.25, -0.2) is 0 Å². The van der Waals surface area contributed by atoms with Crippen molar-refractivity contribution in [2.45, 2.75) is 96.5 Å². The van der Waals surface area contributed by atoms with E-state index in [0.717, 1.165) is 6.42 Å². The summed E-state index contributed by atoms with van der Waals surface area (Å²) in [6.45, 7) is 9.07. The predicted octanol–water partition coefficient (Wildman–Crippen LogP) is 6.09. The van der Waals surface area contributed by atoms with Gasteiger partial charge in [0, 0.05) is 0 Å². The van der Waals surface area contributed by atoms with Gasteiger partial charge in [-0.1, -0.05) is 0 Å².